The van der Waals surface area contributed by atoms with Crippen molar-refractivity contribution in [3.8, 4) is 11.5 Å². The molecule has 0 atom stereocenters. The van der Waals surface area contributed by atoms with E-state index in [0.717, 1.165) is 5.69 Å². The molecule has 1 aliphatic heterocycles. The van der Waals surface area contributed by atoms with E-state index in [2.05, 4.69) is 20.6 Å². The Kier molecular flexibility index (Phi) is 4.76. The monoisotopic (exact) mass is 382 g/mol. The van der Waals surface area contributed by atoms with E-state index >= 15 is 0 Å². The number of halogens is 1. The topological polar surface area (TPSA) is 85.4 Å². The molecule has 8 heteroatoms. The molecule has 1 aliphatic rings. The maximum atomic E-state index is 12.4. The second-order valence-electron chi connectivity index (χ2n) is 5.74. The van der Waals surface area contributed by atoms with Crippen LogP contribution in [0.1, 0.15) is 10.4 Å². The van der Waals surface area contributed by atoms with Crippen LogP contribution >= 0.6 is 11.6 Å². The Morgan fingerprint density at radius 3 is 2.33 bits per heavy atom. The highest BCUT2D eigenvalue weighted by atomic mass is 35.5. The molecular weight excluding hydrogens is 368 g/mol. The number of carbonyl (C=O) groups is 1. The molecule has 2 N–H and O–H groups in total. The minimum absolute atomic E-state index is 0.315. The van der Waals surface area contributed by atoms with Gasteiger partial charge in [0.25, 0.3) is 5.91 Å². The molecule has 1 aromatic heterocycles. The summed E-state index contributed by atoms with van der Waals surface area (Å²) in [6.45, 7) is 1.01. The largest absolute Gasteiger partial charge is 0.486 e. The van der Waals surface area contributed by atoms with E-state index < -0.39 is 0 Å². The van der Waals surface area contributed by atoms with Crippen LogP contribution in [0, 0.1) is 0 Å². The molecule has 3 aromatic rings. The molecule has 136 valence electrons. The number of benzene rings is 2. The molecule has 27 heavy (non-hydrogen) atoms. The predicted octanol–water partition coefficient (Wildman–Crippen LogP) is 3.90. The first-order chi connectivity index (χ1) is 13.2. The van der Waals surface area contributed by atoms with Crippen LogP contribution in [0.25, 0.3) is 0 Å². The highest BCUT2D eigenvalue weighted by molar-refractivity contribution is 6.30. The number of rotatable bonds is 4. The Labute approximate surface area is 160 Å². The maximum absolute atomic E-state index is 12.4. The SMILES string of the molecule is O=C(Nc1ccc2c(c1)OCCO2)c1cnc(Nc2ccc(Cl)cc2)nc1. The maximum Gasteiger partial charge on any atom is 0.258 e. The van der Waals surface area contributed by atoms with Crippen LogP contribution in [0.5, 0.6) is 11.5 Å². The Morgan fingerprint density at radius 2 is 1.59 bits per heavy atom. The third kappa shape index (κ3) is 4.09. The van der Waals surface area contributed by atoms with Crippen molar-refractivity contribution >= 4 is 34.8 Å². The number of fused-ring (bicyclic) bond motifs is 1. The van der Waals surface area contributed by atoms with Gasteiger partial charge in [-0.2, -0.15) is 0 Å². The summed E-state index contributed by atoms with van der Waals surface area (Å²) in [5.41, 5.74) is 1.74. The molecule has 4 rings (SSSR count). The number of hydrogen-bond acceptors (Lipinski definition) is 6. The number of nitrogens with zero attached hydrogens (tertiary/aromatic N) is 2. The summed E-state index contributed by atoms with van der Waals surface area (Å²) in [6.07, 6.45) is 2.91. The Balaban J connectivity index is 1.42. The fraction of sp³-hybridized carbons (Fsp3) is 0.105. The second-order valence-corrected chi connectivity index (χ2v) is 6.18. The molecule has 0 radical (unpaired) electrons. The molecule has 2 aromatic carbocycles. The van der Waals surface area contributed by atoms with Crippen molar-refractivity contribution < 1.29 is 14.3 Å². The third-order valence-electron chi connectivity index (χ3n) is 3.81. The van der Waals surface area contributed by atoms with Crippen LogP contribution in [-0.4, -0.2) is 29.1 Å². The number of ether oxygens (including phenoxy) is 2. The first kappa shape index (κ1) is 17.1. The van der Waals surface area contributed by atoms with Gasteiger partial charge in [0.05, 0.1) is 5.56 Å². The first-order valence-electron chi connectivity index (χ1n) is 8.23. The van der Waals surface area contributed by atoms with Gasteiger partial charge in [0, 0.05) is 34.9 Å². The number of carbonyl (C=O) groups excluding carboxylic acids is 1. The molecule has 0 saturated carbocycles. The van der Waals surface area contributed by atoms with Gasteiger partial charge in [-0.15, -0.1) is 0 Å². The highest BCUT2D eigenvalue weighted by Gasteiger charge is 2.14. The van der Waals surface area contributed by atoms with E-state index in [0.29, 0.717) is 46.9 Å². The van der Waals surface area contributed by atoms with E-state index in [1.165, 1.54) is 12.4 Å². The zero-order chi connectivity index (χ0) is 18.6. The molecule has 0 aliphatic carbocycles. The highest BCUT2D eigenvalue weighted by Crippen LogP contribution is 2.32. The number of nitrogens with one attached hydrogen (secondary N) is 2. The van der Waals surface area contributed by atoms with Crippen LogP contribution in [-0.2, 0) is 0 Å². The Bertz CT molecular complexity index is 962. The zero-order valence-electron chi connectivity index (χ0n) is 14.1. The molecule has 7 nitrogen and oxygen atoms in total. The van der Waals surface area contributed by atoms with Gasteiger partial charge in [0.2, 0.25) is 5.95 Å². The smallest absolute Gasteiger partial charge is 0.258 e. The van der Waals surface area contributed by atoms with Crippen molar-refractivity contribution in [2.24, 2.45) is 0 Å². The predicted molar refractivity (Wildman–Crippen MR) is 102 cm³/mol. The van der Waals surface area contributed by atoms with E-state index in [1.807, 2.05) is 12.1 Å². The summed E-state index contributed by atoms with van der Waals surface area (Å²) in [4.78, 5) is 20.7. The minimum Gasteiger partial charge on any atom is -0.486 e. The van der Waals surface area contributed by atoms with Crippen LogP contribution in [0.4, 0.5) is 17.3 Å². The van der Waals surface area contributed by atoms with Gasteiger partial charge >= 0.3 is 0 Å². The number of aromatic nitrogens is 2. The van der Waals surface area contributed by atoms with Crippen LogP contribution < -0.4 is 20.1 Å². The molecular formula is C19H15ClN4O3. The first-order valence-corrected chi connectivity index (χ1v) is 8.61. The fourth-order valence-corrected chi connectivity index (χ4v) is 2.62. The van der Waals surface area contributed by atoms with Gasteiger partial charge in [-0.25, -0.2) is 9.97 Å². The van der Waals surface area contributed by atoms with Gasteiger partial charge in [0.15, 0.2) is 11.5 Å². The summed E-state index contributed by atoms with van der Waals surface area (Å²) < 4.78 is 11.0. The third-order valence-corrected chi connectivity index (χ3v) is 4.07. The standard InChI is InChI=1S/C19H15ClN4O3/c20-13-1-3-14(4-2-13)24-19-21-10-12(11-22-19)18(25)23-15-5-6-16-17(9-15)27-8-7-26-16/h1-6,9-11H,7-8H2,(H,23,25)(H,21,22,24). The lowest BCUT2D eigenvalue weighted by atomic mass is 10.2. The molecule has 0 spiro atoms. The fourth-order valence-electron chi connectivity index (χ4n) is 2.50. The van der Waals surface area contributed by atoms with Gasteiger partial charge < -0.3 is 20.1 Å². The summed E-state index contributed by atoms with van der Waals surface area (Å²) in [5.74, 6) is 1.34. The van der Waals surface area contributed by atoms with Crippen LogP contribution in [0.3, 0.4) is 0 Å². The zero-order valence-corrected chi connectivity index (χ0v) is 14.9. The van der Waals surface area contributed by atoms with Gasteiger partial charge in [-0.3, -0.25) is 4.79 Å². The summed E-state index contributed by atoms with van der Waals surface area (Å²) in [6, 6.07) is 12.4. The normalized spacial score (nSPS) is 12.3. The van der Waals surface area contributed by atoms with E-state index in [1.54, 1.807) is 30.3 Å². The van der Waals surface area contributed by atoms with E-state index in [4.69, 9.17) is 21.1 Å². The second kappa shape index (κ2) is 7.51. The van der Waals surface area contributed by atoms with Crippen LogP contribution in [0.15, 0.2) is 54.9 Å². The van der Waals surface area contributed by atoms with Crippen molar-refractivity contribution in [3.05, 3.63) is 65.4 Å². The van der Waals surface area contributed by atoms with Crippen molar-refractivity contribution in [1.82, 2.24) is 9.97 Å². The van der Waals surface area contributed by atoms with Crippen molar-refractivity contribution in [3.63, 3.8) is 0 Å². The summed E-state index contributed by atoms with van der Waals surface area (Å²) in [7, 11) is 0. The average Bonchev–Trinajstić information content (AvgIpc) is 2.70. The van der Waals surface area contributed by atoms with Crippen molar-refractivity contribution in [2.75, 3.05) is 23.8 Å². The molecule has 0 fully saturated rings. The summed E-state index contributed by atoms with van der Waals surface area (Å²) >= 11 is 5.86. The van der Waals surface area contributed by atoms with E-state index in [9.17, 15) is 4.79 Å². The molecule has 0 bridgehead atoms. The van der Waals surface area contributed by atoms with Gasteiger partial charge in [-0.1, -0.05) is 11.6 Å². The number of hydrogen-bond donors (Lipinski definition) is 2. The van der Waals surface area contributed by atoms with E-state index in [-0.39, 0.29) is 5.91 Å². The molecule has 0 saturated heterocycles. The molecule has 1 amide bonds. The van der Waals surface area contributed by atoms with Gasteiger partial charge in [-0.05, 0) is 36.4 Å². The van der Waals surface area contributed by atoms with Crippen LogP contribution in [0.2, 0.25) is 5.02 Å². The lowest BCUT2D eigenvalue weighted by Crippen LogP contribution is -2.16. The average molecular weight is 383 g/mol. The Hall–Kier alpha value is -3.32. The minimum atomic E-state index is -0.315. The number of anilines is 3. The van der Waals surface area contributed by atoms with Crippen molar-refractivity contribution in [1.29, 1.82) is 0 Å². The lowest BCUT2D eigenvalue weighted by Gasteiger charge is -2.19. The van der Waals surface area contributed by atoms with Gasteiger partial charge in [0.1, 0.15) is 13.2 Å². The quantitative estimate of drug-likeness (QED) is 0.711. The molecule has 0 unspecified atom stereocenters. The summed E-state index contributed by atoms with van der Waals surface area (Å²) in [5, 5.41) is 6.48. The lowest BCUT2D eigenvalue weighted by molar-refractivity contribution is 0.102. The van der Waals surface area contributed by atoms with Crippen molar-refractivity contribution in [2.45, 2.75) is 0 Å². The number of amides is 1. The Morgan fingerprint density at radius 1 is 0.926 bits per heavy atom. The molecule has 2 heterocycles.